The second-order valence-electron chi connectivity index (χ2n) is 11.1. The molecule has 0 saturated carbocycles. The average Bonchev–Trinajstić information content (AvgIpc) is 2.96. The lowest BCUT2D eigenvalue weighted by molar-refractivity contribution is 0.326. The summed E-state index contributed by atoms with van der Waals surface area (Å²) < 4.78 is 0. The molecule has 0 aromatic heterocycles. The molecule has 0 spiro atoms. The average molecular weight is 521 g/mol. The Morgan fingerprint density at radius 2 is 1.18 bits per heavy atom. The lowest BCUT2D eigenvalue weighted by Crippen LogP contribution is -1.96. The van der Waals surface area contributed by atoms with Crippen molar-refractivity contribution in [2.45, 2.75) is 71.1 Å². The SMILES string of the molecule is C=C(CO)CCCc1cc(CCCC(=C)CO)c2ccc(-c3ccc4cc(CCCCC)ccc4c3)cc2c1. The Hall–Kier alpha value is -3.20. The normalized spacial score (nSPS) is 11.4. The Morgan fingerprint density at radius 1 is 0.590 bits per heavy atom. The smallest absolute Gasteiger partial charge is 0.0639 e. The van der Waals surface area contributed by atoms with Crippen LogP contribution in [-0.2, 0) is 19.3 Å². The van der Waals surface area contributed by atoms with Crippen LogP contribution < -0.4 is 0 Å². The summed E-state index contributed by atoms with van der Waals surface area (Å²) in [5.41, 5.74) is 8.38. The summed E-state index contributed by atoms with van der Waals surface area (Å²) in [4.78, 5) is 0. The Morgan fingerprint density at radius 3 is 1.90 bits per heavy atom. The Bertz CT molecular complexity index is 1430. The van der Waals surface area contributed by atoms with E-state index in [0.29, 0.717) is 0 Å². The highest BCUT2D eigenvalue weighted by Gasteiger charge is 2.09. The first-order valence-corrected chi connectivity index (χ1v) is 14.6. The summed E-state index contributed by atoms with van der Waals surface area (Å²) in [5.74, 6) is 0. The van der Waals surface area contributed by atoms with Crippen LogP contribution >= 0.6 is 0 Å². The largest absolute Gasteiger partial charge is 0.392 e. The van der Waals surface area contributed by atoms with Gasteiger partial charge in [0.05, 0.1) is 13.2 Å². The first kappa shape index (κ1) is 28.8. The molecule has 2 heteroatoms. The number of aliphatic hydroxyl groups is 2. The van der Waals surface area contributed by atoms with Crippen LogP contribution in [0.3, 0.4) is 0 Å². The zero-order chi connectivity index (χ0) is 27.6. The number of aliphatic hydroxyl groups excluding tert-OH is 2. The van der Waals surface area contributed by atoms with E-state index in [1.165, 1.54) is 68.6 Å². The number of hydrogen-bond acceptors (Lipinski definition) is 2. The number of fused-ring (bicyclic) bond motifs is 2. The summed E-state index contributed by atoms with van der Waals surface area (Å²) in [7, 11) is 0. The van der Waals surface area contributed by atoms with Crippen LogP contribution in [0.25, 0.3) is 32.7 Å². The minimum Gasteiger partial charge on any atom is -0.392 e. The molecule has 0 saturated heterocycles. The lowest BCUT2D eigenvalue weighted by Gasteiger charge is -2.13. The predicted molar refractivity (Wildman–Crippen MR) is 168 cm³/mol. The van der Waals surface area contributed by atoms with Gasteiger partial charge in [-0.3, -0.25) is 0 Å². The molecule has 0 aliphatic rings. The maximum absolute atomic E-state index is 9.35. The molecule has 2 N–H and O–H groups in total. The molecule has 0 atom stereocenters. The molecule has 0 aliphatic heterocycles. The molecule has 0 bridgehead atoms. The molecule has 39 heavy (non-hydrogen) atoms. The van der Waals surface area contributed by atoms with Crippen molar-refractivity contribution in [3.63, 3.8) is 0 Å². The van der Waals surface area contributed by atoms with Crippen molar-refractivity contribution in [1.29, 1.82) is 0 Å². The molecule has 0 aliphatic carbocycles. The summed E-state index contributed by atoms with van der Waals surface area (Å²) in [6.07, 6.45) is 10.5. The fourth-order valence-corrected chi connectivity index (χ4v) is 5.49. The second kappa shape index (κ2) is 14.3. The van der Waals surface area contributed by atoms with Crippen LogP contribution in [0.5, 0.6) is 0 Å². The third-order valence-corrected chi connectivity index (χ3v) is 7.82. The van der Waals surface area contributed by atoms with Gasteiger partial charge in [-0.1, -0.05) is 98.7 Å². The number of hydrogen-bond donors (Lipinski definition) is 2. The van der Waals surface area contributed by atoms with Gasteiger partial charge in [0.15, 0.2) is 0 Å². The molecular formula is C37H44O2. The summed E-state index contributed by atoms with van der Waals surface area (Å²) in [6.45, 7) is 10.3. The first-order valence-electron chi connectivity index (χ1n) is 14.6. The van der Waals surface area contributed by atoms with E-state index in [9.17, 15) is 10.2 Å². The zero-order valence-corrected chi connectivity index (χ0v) is 23.6. The minimum absolute atomic E-state index is 0.0603. The van der Waals surface area contributed by atoms with Gasteiger partial charge >= 0.3 is 0 Å². The molecule has 0 amide bonds. The molecule has 4 aromatic rings. The van der Waals surface area contributed by atoms with E-state index in [1.807, 2.05) is 0 Å². The maximum Gasteiger partial charge on any atom is 0.0639 e. The van der Waals surface area contributed by atoms with Crippen molar-refractivity contribution in [1.82, 2.24) is 0 Å². The first-order chi connectivity index (χ1) is 19.0. The van der Waals surface area contributed by atoms with Crippen molar-refractivity contribution in [3.8, 4) is 11.1 Å². The molecule has 204 valence electrons. The van der Waals surface area contributed by atoms with Crippen LogP contribution in [0.1, 0.15) is 68.6 Å². The van der Waals surface area contributed by atoms with Crippen molar-refractivity contribution >= 4 is 21.5 Å². The number of unbranched alkanes of at least 4 members (excludes halogenated alkanes) is 2. The molecular weight excluding hydrogens is 476 g/mol. The quantitative estimate of drug-likeness (QED) is 0.121. The summed E-state index contributed by atoms with van der Waals surface area (Å²) in [6, 6.07) is 25.3. The second-order valence-corrected chi connectivity index (χ2v) is 11.1. The van der Waals surface area contributed by atoms with Gasteiger partial charge in [0.25, 0.3) is 0 Å². The van der Waals surface area contributed by atoms with E-state index in [1.54, 1.807) is 0 Å². The maximum atomic E-state index is 9.35. The van der Waals surface area contributed by atoms with Gasteiger partial charge in [-0.2, -0.15) is 0 Å². The van der Waals surface area contributed by atoms with E-state index >= 15 is 0 Å². The Balaban J connectivity index is 1.62. The molecule has 0 radical (unpaired) electrons. The number of benzene rings is 4. The summed E-state index contributed by atoms with van der Waals surface area (Å²) in [5, 5.41) is 23.8. The highest BCUT2D eigenvalue weighted by atomic mass is 16.3. The van der Waals surface area contributed by atoms with Crippen LogP contribution in [0.15, 0.2) is 91.0 Å². The highest BCUT2D eigenvalue weighted by Crippen LogP contribution is 2.31. The van der Waals surface area contributed by atoms with E-state index in [0.717, 1.165) is 56.1 Å². The number of aryl methyl sites for hydroxylation is 3. The van der Waals surface area contributed by atoms with Gasteiger partial charge < -0.3 is 10.2 Å². The third kappa shape index (κ3) is 7.91. The van der Waals surface area contributed by atoms with E-state index in [4.69, 9.17) is 0 Å². The fraction of sp³-hybridized carbons (Fsp3) is 0.351. The molecule has 0 heterocycles. The molecule has 0 fully saturated rings. The highest BCUT2D eigenvalue weighted by molar-refractivity contribution is 5.93. The Labute approximate surface area is 234 Å². The van der Waals surface area contributed by atoms with Crippen LogP contribution in [0.2, 0.25) is 0 Å². The van der Waals surface area contributed by atoms with Crippen LogP contribution in [-0.4, -0.2) is 23.4 Å². The fourth-order valence-electron chi connectivity index (χ4n) is 5.49. The molecule has 4 rings (SSSR count). The Kier molecular flexibility index (Phi) is 10.5. The standard InChI is InChI=1S/C37H44O2/c1-4-5-6-11-29-14-15-32-23-33(17-16-31(32)20-29)34-18-19-37-35(13-8-10-28(3)26-39)21-30(22-36(37)24-34)12-7-9-27(2)25-38/h14-24,38-39H,2-13,25-26H2,1H3. The van der Waals surface area contributed by atoms with E-state index < -0.39 is 0 Å². The molecule has 2 nitrogen and oxygen atoms in total. The van der Waals surface area contributed by atoms with Crippen LogP contribution in [0, 0.1) is 0 Å². The van der Waals surface area contributed by atoms with Crippen LogP contribution in [0.4, 0.5) is 0 Å². The van der Waals surface area contributed by atoms with Gasteiger partial charge in [0.2, 0.25) is 0 Å². The van der Waals surface area contributed by atoms with Crippen molar-refractivity contribution in [3.05, 3.63) is 108 Å². The van der Waals surface area contributed by atoms with Gasteiger partial charge in [0.1, 0.15) is 0 Å². The predicted octanol–water partition coefficient (Wildman–Crippen LogP) is 9.14. The van der Waals surface area contributed by atoms with Gasteiger partial charge in [-0.15, -0.1) is 0 Å². The van der Waals surface area contributed by atoms with E-state index in [2.05, 4.69) is 86.8 Å². The third-order valence-electron chi connectivity index (χ3n) is 7.82. The molecule has 4 aromatic carbocycles. The zero-order valence-electron chi connectivity index (χ0n) is 23.6. The minimum atomic E-state index is 0.0603. The summed E-state index contributed by atoms with van der Waals surface area (Å²) >= 11 is 0. The van der Waals surface area contributed by atoms with E-state index in [-0.39, 0.29) is 13.2 Å². The monoisotopic (exact) mass is 520 g/mol. The number of rotatable bonds is 15. The lowest BCUT2D eigenvalue weighted by atomic mass is 9.91. The van der Waals surface area contributed by atoms with Gasteiger partial charge in [0, 0.05) is 0 Å². The van der Waals surface area contributed by atoms with Gasteiger partial charge in [-0.25, -0.2) is 0 Å². The topological polar surface area (TPSA) is 40.5 Å². The van der Waals surface area contributed by atoms with Crippen molar-refractivity contribution in [2.75, 3.05) is 13.2 Å². The van der Waals surface area contributed by atoms with Gasteiger partial charge in [-0.05, 0) is 113 Å². The molecule has 0 unspecified atom stereocenters. The van der Waals surface area contributed by atoms with Crippen molar-refractivity contribution in [2.24, 2.45) is 0 Å². The van der Waals surface area contributed by atoms with Crippen molar-refractivity contribution < 1.29 is 10.2 Å².